The minimum Gasteiger partial charge on any atom is -0.395 e. The lowest BCUT2D eigenvalue weighted by molar-refractivity contribution is -0.118. The second kappa shape index (κ2) is 7.17. The Balaban J connectivity index is 2.73. The first-order valence-electron chi connectivity index (χ1n) is 5.78. The zero-order valence-electron chi connectivity index (χ0n) is 10.4. The summed E-state index contributed by atoms with van der Waals surface area (Å²) in [6, 6.07) is 1.49. The standard InChI is InChI=1S/C11H17N3O4S/c12-11(16)3-1-2-9-6-10(8-13-7-9)19(17,18)14-4-5-15/h6-8,14-15H,1-5H2,(H2,12,16). The zero-order valence-corrected chi connectivity index (χ0v) is 11.2. The monoisotopic (exact) mass is 287 g/mol. The van der Waals surface area contributed by atoms with E-state index in [0.29, 0.717) is 18.4 Å². The van der Waals surface area contributed by atoms with Gasteiger partial charge in [-0.25, -0.2) is 13.1 Å². The highest BCUT2D eigenvalue weighted by atomic mass is 32.2. The molecule has 7 nitrogen and oxygen atoms in total. The van der Waals surface area contributed by atoms with Gasteiger partial charge in [-0.15, -0.1) is 0 Å². The Labute approximate surface area is 111 Å². The maximum absolute atomic E-state index is 11.8. The van der Waals surface area contributed by atoms with Crippen molar-refractivity contribution in [3.63, 3.8) is 0 Å². The molecule has 0 saturated carbocycles. The van der Waals surface area contributed by atoms with Crippen LogP contribution < -0.4 is 10.5 Å². The number of nitrogens with zero attached hydrogens (tertiary/aromatic N) is 1. The van der Waals surface area contributed by atoms with Gasteiger partial charge in [0.25, 0.3) is 0 Å². The molecule has 0 bridgehead atoms. The normalized spacial score (nSPS) is 11.4. The molecule has 0 aliphatic rings. The van der Waals surface area contributed by atoms with E-state index in [-0.39, 0.29) is 30.4 Å². The topological polar surface area (TPSA) is 122 Å². The number of carbonyl (C=O) groups is 1. The van der Waals surface area contributed by atoms with Crippen LogP contribution in [0.15, 0.2) is 23.4 Å². The highest BCUT2D eigenvalue weighted by Gasteiger charge is 2.14. The van der Waals surface area contributed by atoms with Crippen molar-refractivity contribution >= 4 is 15.9 Å². The van der Waals surface area contributed by atoms with E-state index in [1.807, 2.05) is 0 Å². The van der Waals surface area contributed by atoms with Crippen molar-refractivity contribution in [2.75, 3.05) is 13.2 Å². The van der Waals surface area contributed by atoms with E-state index in [4.69, 9.17) is 10.8 Å². The molecule has 0 saturated heterocycles. The summed E-state index contributed by atoms with van der Waals surface area (Å²) in [6.07, 6.45) is 4.10. The van der Waals surface area contributed by atoms with E-state index >= 15 is 0 Å². The first-order chi connectivity index (χ1) is 8.95. The zero-order chi connectivity index (χ0) is 14.3. The molecule has 0 radical (unpaired) electrons. The molecule has 0 atom stereocenters. The molecular formula is C11H17N3O4S. The Kier molecular flexibility index (Phi) is 5.87. The van der Waals surface area contributed by atoms with Gasteiger partial charge in [-0.3, -0.25) is 9.78 Å². The number of aryl methyl sites for hydroxylation is 1. The van der Waals surface area contributed by atoms with Gasteiger partial charge >= 0.3 is 0 Å². The molecule has 0 aliphatic carbocycles. The molecule has 0 aliphatic heterocycles. The summed E-state index contributed by atoms with van der Waals surface area (Å²) >= 11 is 0. The molecule has 8 heteroatoms. The lowest BCUT2D eigenvalue weighted by atomic mass is 10.1. The smallest absolute Gasteiger partial charge is 0.242 e. The highest BCUT2D eigenvalue weighted by molar-refractivity contribution is 7.89. The van der Waals surface area contributed by atoms with Crippen LogP contribution >= 0.6 is 0 Å². The predicted molar refractivity (Wildman–Crippen MR) is 68.6 cm³/mol. The molecule has 1 aromatic rings. The SMILES string of the molecule is NC(=O)CCCc1cncc(S(=O)(=O)NCCO)c1. The fraction of sp³-hybridized carbons (Fsp3) is 0.455. The van der Waals surface area contributed by atoms with Gasteiger partial charge in [0.2, 0.25) is 15.9 Å². The first kappa shape index (κ1) is 15.5. The lowest BCUT2D eigenvalue weighted by Crippen LogP contribution is -2.26. The third-order valence-corrected chi connectivity index (χ3v) is 3.80. The number of hydrogen-bond donors (Lipinski definition) is 3. The van der Waals surface area contributed by atoms with Crippen LogP contribution in [0.2, 0.25) is 0 Å². The van der Waals surface area contributed by atoms with Crippen LogP contribution in [0.3, 0.4) is 0 Å². The largest absolute Gasteiger partial charge is 0.395 e. The van der Waals surface area contributed by atoms with Crippen LogP contribution in [0.25, 0.3) is 0 Å². The molecule has 1 heterocycles. The molecule has 1 rings (SSSR count). The van der Waals surface area contributed by atoms with Crippen molar-refractivity contribution in [2.24, 2.45) is 5.73 Å². The van der Waals surface area contributed by atoms with Crippen molar-refractivity contribution in [3.8, 4) is 0 Å². The van der Waals surface area contributed by atoms with Crippen molar-refractivity contribution in [3.05, 3.63) is 24.0 Å². The summed E-state index contributed by atoms with van der Waals surface area (Å²) in [6.45, 7) is -0.320. The van der Waals surface area contributed by atoms with Gasteiger partial charge in [0.15, 0.2) is 0 Å². The average molecular weight is 287 g/mol. The summed E-state index contributed by atoms with van der Waals surface area (Å²) in [7, 11) is -3.65. The van der Waals surface area contributed by atoms with Crippen LogP contribution in [-0.2, 0) is 21.2 Å². The molecule has 19 heavy (non-hydrogen) atoms. The lowest BCUT2D eigenvalue weighted by Gasteiger charge is -2.06. The summed E-state index contributed by atoms with van der Waals surface area (Å²) in [5, 5.41) is 8.61. The molecule has 0 unspecified atom stereocenters. The van der Waals surface area contributed by atoms with E-state index in [2.05, 4.69) is 9.71 Å². The number of hydrogen-bond acceptors (Lipinski definition) is 5. The number of nitrogens with one attached hydrogen (secondary N) is 1. The van der Waals surface area contributed by atoms with Crippen LogP contribution in [0.5, 0.6) is 0 Å². The number of carbonyl (C=O) groups excluding carboxylic acids is 1. The number of aliphatic hydroxyl groups excluding tert-OH is 1. The fourth-order valence-electron chi connectivity index (χ4n) is 1.48. The Morgan fingerprint density at radius 3 is 2.79 bits per heavy atom. The van der Waals surface area contributed by atoms with Crippen LogP contribution in [-0.4, -0.2) is 37.6 Å². The molecule has 0 aromatic carbocycles. The second-order valence-corrected chi connectivity index (χ2v) is 5.74. The third-order valence-electron chi connectivity index (χ3n) is 2.37. The van der Waals surface area contributed by atoms with Gasteiger partial charge in [-0.2, -0.15) is 0 Å². The molecule has 1 aromatic heterocycles. The number of amides is 1. The molecule has 106 valence electrons. The van der Waals surface area contributed by atoms with Gasteiger partial charge in [0.1, 0.15) is 4.90 Å². The number of rotatable bonds is 8. The molecule has 0 fully saturated rings. The Morgan fingerprint density at radius 2 is 2.16 bits per heavy atom. The van der Waals surface area contributed by atoms with E-state index in [0.717, 1.165) is 0 Å². The summed E-state index contributed by atoms with van der Waals surface area (Å²) < 4.78 is 25.8. The maximum Gasteiger partial charge on any atom is 0.242 e. The van der Waals surface area contributed by atoms with Crippen molar-refractivity contribution in [2.45, 2.75) is 24.2 Å². The molecule has 1 amide bonds. The number of pyridine rings is 1. The predicted octanol–water partition coefficient (Wildman–Crippen LogP) is -0.840. The van der Waals surface area contributed by atoms with Crippen LogP contribution in [0.4, 0.5) is 0 Å². The number of aliphatic hydroxyl groups is 1. The van der Waals surface area contributed by atoms with Crippen LogP contribution in [0, 0.1) is 0 Å². The summed E-state index contributed by atoms with van der Waals surface area (Å²) in [4.78, 5) is 14.5. The summed E-state index contributed by atoms with van der Waals surface area (Å²) in [5.74, 6) is -0.388. The highest BCUT2D eigenvalue weighted by Crippen LogP contribution is 2.11. The minimum absolute atomic E-state index is 0.0394. The van der Waals surface area contributed by atoms with Gasteiger partial charge in [-0.1, -0.05) is 0 Å². The Morgan fingerprint density at radius 1 is 1.42 bits per heavy atom. The Bertz CT molecular complexity index is 530. The Hall–Kier alpha value is -1.51. The maximum atomic E-state index is 11.8. The average Bonchev–Trinajstić information content (AvgIpc) is 2.36. The molecular weight excluding hydrogens is 270 g/mol. The van der Waals surface area contributed by atoms with E-state index < -0.39 is 10.0 Å². The van der Waals surface area contributed by atoms with E-state index in [9.17, 15) is 13.2 Å². The molecule has 0 spiro atoms. The van der Waals surface area contributed by atoms with Gasteiger partial charge in [0, 0.05) is 25.4 Å². The number of aromatic nitrogens is 1. The number of primary amides is 1. The molecule has 4 N–H and O–H groups in total. The summed E-state index contributed by atoms with van der Waals surface area (Å²) in [5.41, 5.74) is 5.74. The third kappa shape index (κ3) is 5.33. The number of nitrogens with two attached hydrogens (primary N) is 1. The fourth-order valence-corrected chi connectivity index (χ4v) is 2.51. The minimum atomic E-state index is -3.65. The van der Waals surface area contributed by atoms with Crippen LogP contribution in [0.1, 0.15) is 18.4 Å². The number of sulfonamides is 1. The quantitative estimate of drug-likeness (QED) is 0.575. The van der Waals surface area contributed by atoms with Crippen molar-refractivity contribution in [1.29, 1.82) is 0 Å². The first-order valence-corrected chi connectivity index (χ1v) is 7.27. The second-order valence-electron chi connectivity index (χ2n) is 3.97. The van der Waals surface area contributed by atoms with Crippen molar-refractivity contribution in [1.82, 2.24) is 9.71 Å². The van der Waals surface area contributed by atoms with Gasteiger partial charge < -0.3 is 10.8 Å². The van der Waals surface area contributed by atoms with Gasteiger partial charge in [-0.05, 0) is 24.5 Å². The van der Waals surface area contributed by atoms with Gasteiger partial charge in [0.05, 0.1) is 6.61 Å². The van der Waals surface area contributed by atoms with E-state index in [1.54, 1.807) is 6.20 Å². The van der Waals surface area contributed by atoms with Crippen molar-refractivity contribution < 1.29 is 18.3 Å². The van der Waals surface area contributed by atoms with E-state index in [1.165, 1.54) is 12.3 Å².